The van der Waals surface area contributed by atoms with Gasteiger partial charge in [0.1, 0.15) is 11.4 Å². The Labute approximate surface area is 126 Å². The lowest BCUT2D eigenvalue weighted by atomic mass is 9.76. The van der Waals surface area contributed by atoms with Crippen LogP contribution in [0, 0.1) is 5.41 Å². The van der Waals surface area contributed by atoms with Crippen LogP contribution in [0.25, 0.3) is 0 Å². The normalized spacial score (nSPS) is 17.2. The molecule has 5 heteroatoms. The molecule has 0 amide bonds. The number of nitrogens with one attached hydrogen (secondary N) is 1. The van der Waals surface area contributed by atoms with Crippen LogP contribution in [-0.4, -0.2) is 24.1 Å². The molecule has 2 rings (SSSR count). The highest BCUT2D eigenvalue weighted by atomic mass is 16.5. The predicted molar refractivity (Wildman–Crippen MR) is 84.3 cm³/mol. The van der Waals surface area contributed by atoms with E-state index in [2.05, 4.69) is 17.2 Å². The van der Waals surface area contributed by atoms with E-state index in [1.807, 2.05) is 0 Å². The number of carbonyl (C=O) groups excluding carboxylic acids is 1. The summed E-state index contributed by atoms with van der Waals surface area (Å²) in [7, 11) is 0. The molecule has 0 spiro atoms. The van der Waals surface area contributed by atoms with Crippen LogP contribution in [0.5, 0.6) is 0 Å². The average Bonchev–Trinajstić information content (AvgIpc) is 2.47. The topological polar surface area (TPSA) is 77.2 Å². The van der Waals surface area contributed by atoms with Gasteiger partial charge in [-0.15, -0.1) is 0 Å². The van der Waals surface area contributed by atoms with Crippen molar-refractivity contribution in [3.05, 3.63) is 17.8 Å². The second-order valence-electron chi connectivity index (χ2n) is 6.11. The summed E-state index contributed by atoms with van der Waals surface area (Å²) in [4.78, 5) is 16.3. The van der Waals surface area contributed by atoms with Crippen LogP contribution in [0.2, 0.25) is 0 Å². The van der Waals surface area contributed by atoms with Crippen LogP contribution in [0.1, 0.15) is 56.3 Å². The van der Waals surface area contributed by atoms with Gasteiger partial charge in [0, 0.05) is 6.54 Å². The van der Waals surface area contributed by atoms with E-state index < -0.39 is 0 Å². The summed E-state index contributed by atoms with van der Waals surface area (Å²) in [6, 6.07) is 1.62. The molecule has 1 saturated carbocycles. The van der Waals surface area contributed by atoms with Gasteiger partial charge in [0.15, 0.2) is 0 Å². The van der Waals surface area contributed by atoms with Crippen molar-refractivity contribution in [3.63, 3.8) is 0 Å². The Balaban J connectivity index is 2.10. The van der Waals surface area contributed by atoms with Crippen LogP contribution >= 0.6 is 0 Å². The number of aromatic nitrogens is 1. The van der Waals surface area contributed by atoms with Gasteiger partial charge in [-0.05, 0) is 31.2 Å². The number of esters is 1. The van der Waals surface area contributed by atoms with Crippen LogP contribution in [0.15, 0.2) is 12.3 Å². The average molecular weight is 291 g/mol. The fourth-order valence-electron chi connectivity index (χ4n) is 2.87. The molecule has 1 aliphatic rings. The molecule has 1 aliphatic carbocycles. The molecular weight excluding hydrogens is 266 g/mol. The van der Waals surface area contributed by atoms with Gasteiger partial charge in [-0.25, -0.2) is 9.78 Å². The number of ether oxygens (including phenoxy) is 1. The second-order valence-corrected chi connectivity index (χ2v) is 6.11. The summed E-state index contributed by atoms with van der Waals surface area (Å²) in [6.07, 6.45) is 7.86. The zero-order chi connectivity index (χ0) is 15.3. The summed E-state index contributed by atoms with van der Waals surface area (Å²) in [5, 5.41) is 3.32. The fraction of sp³-hybridized carbons (Fsp3) is 0.625. The van der Waals surface area contributed by atoms with Crippen molar-refractivity contribution in [2.24, 2.45) is 5.41 Å². The number of nitrogens with zero attached hydrogens (tertiary/aromatic N) is 1. The number of rotatable bonds is 5. The van der Waals surface area contributed by atoms with Gasteiger partial charge in [-0.3, -0.25) is 0 Å². The van der Waals surface area contributed by atoms with E-state index >= 15 is 0 Å². The van der Waals surface area contributed by atoms with Gasteiger partial charge < -0.3 is 15.8 Å². The Bertz CT molecular complexity index is 496. The lowest BCUT2D eigenvalue weighted by Crippen LogP contribution is -2.29. The summed E-state index contributed by atoms with van der Waals surface area (Å²) in [5.41, 5.74) is 6.88. The Kier molecular flexibility index (Phi) is 5.04. The molecule has 1 fully saturated rings. The minimum Gasteiger partial charge on any atom is -0.462 e. The SMILES string of the molecule is CCOC(=O)c1cc(N)cnc1NCC1(C)CCCCC1. The van der Waals surface area contributed by atoms with Crippen molar-refractivity contribution in [1.82, 2.24) is 4.98 Å². The van der Waals surface area contributed by atoms with Gasteiger partial charge in [-0.1, -0.05) is 26.2 Å². The predicted octanol–water partition coefficient (Wildman–Crippen LogP) is 3.22. The molecule has 1 aromatic rings. The summed E-state index contributed by atoms with van der Waals surface area (Å²) in [6.45, 7) is 5.23. The Morgan fingerprint density at radius 2 is 2.14 bits per heavy atom. The molecule has 0 unspecified atom stereocenters. The molecule has 0 aromatic carbocycles. The highest BCUT2D eigenvalue weighted by Crippen LogP contribution is 2.35. The molecule has 0 radical (unpaired) electrons. The molecule has 5 nitrogen and oxygen atoms in total. The highest BCUT2D eigenvalue weighted by Gasteiger charge is 2.27. The quantitative estimate of drug-likeness (QED) is 0.814. The van der Waals surface area contributed by atoms with Crippen molar-refractivity contribution >= 4 is 17.5 Å². The van der Waals surface area contributed by atoms with Gasteiger partial charge in [-0.2, -0.15) is 0 Å². The third-order valence-corrected chi connectivity index (χ3v) is 4.15. The number of pyridine rings is 1. The highest BCUT2D eigenvalue weighted by molar-refractivity contribution is 5.95. The maximum atomic E-state index is 12.0. The monoisotopic (exact) mass is 291 g/mol. The maximum Gasteiger partial charge on any atom is 0.341 e. The number of hydrogen-bond donors (Lipinski definition) is 2. The molecule has 3 N–H and O–H groups in total. The maximum absolute atomic E-state index is 12.0. The van der Waals surface area contributed by atoms with Gasteiger partial charge >= 0.3 is 5.97 Å². The molecule has 0 atom stereocenters. The van der Waals surface area contributed by atoms with Crippen LogP contribution in [-0.2, 0) is 4.74 Å². The second kappa shape index (κ2) is 6.78. The molecule has 0 bridgehead atoms. The zero-order valence-corrected chi connectivity index (χ0v) is 12.9. The van der Waals surface area contributed by atoms with E-state index in [-0.39, 0.29) is 11.4 Å². The molecule has 0 saturated heterocycles. The Morgan fingerprint density at radius 1 is 1.43 bits per heavy atom. The van der Waals surface area contributed by atoms with E-state index in [9.17, 15) is 4.79 Å². The zero-order valence-electron chi connectivity index (χ0n) is 12.9. The first-order valence-corrected chi connectivity index (χ1v) is 7.70. The summed E-state index contributed by atoms with van der Waals surface area (Å²) >= 11 is 0. The third kappa shape index (κ3) is 4.09. The van der Waals surface area contributed by atoms with Crippen molar-refractivity contribution < 1.29 is 9.53 Å². The van der Waals surface area contributed by atoms with E-state index in [1.54, 1.807) is 19.2 Å². The largest absolute Gasteiger partial charge is 0.462 e. The molecule has 1 aromatic heterocycles. The fourth-order valence-corrected chi connectivity index (χ4v) is 2.87. The van der Waals surface area contributed by atoms with Gasteiger partial charge in [0.2, 0.25) is 0 Å². The lowest BCUT2D eigenvalue weighted by molar-refractivity contribution is 0.0527. The molecule has 116 valence electrons. The number of anilines is 2. The van der Waals surface area contributed by atoms with E-state index in [4.69, 9.17) is 10.5 Å². The Morgan fingerprint density at radius 3 is 2.81 bits per heavy atom. The molecule has 0 aliphatic heterocycles. The summed E-state index contributed by atoms with van der Waals surface area (Å²) in [5.74, 6) is 0.183. The number of hydrogen-bond acceptors (Lipinski definition) is 5. The summed E-state index contributed by atoms with van der Waals surface area (Å²) < 4.78 is 5.07. The van der Waals surface area contributed by atoms with Crippen molar-refractivity contribution in [2.45, 2.75) is 46.0 Å². The third-order valence-electron chi connectivity index (χ3n) is 4.15. The first kappa shape index (κ1) is 15.6. The Hall–Kier alpha value is -1.78. The van der Waals surface area contributed by atoms with Crippen molar-refractivity contribution in [2.75, 3.05) is 24.2 Å². The van der Waals surface area contributed by atoms with E-state index in [0.29, 0.717) is 23.7 Å². The molecule has 21 heavy (non-hydrogen) atoms. The number of nitrogens with two attached hydrogens (primary N) is 1. The van der Waals surface area contributed by atoms with Gasteiger partial charge in [0.25, 0.3) is 0 Å². The standard InChI is InChI=1S/C16H25N3O2/c1-3-21-15(20)13-9-12(17)10-18-14(13)19-11-16(2)7-5-4-6-8-16/h9-10H,3-8,11,17H2,1-2H3,(H,18,19). The first-order chi connectivity index (χ1) is 10.0. The molecular formula is C16H25N3O2. The van der Waals surface area contributed by atoms with Crippen molar-refractivity contribution in [3.8, 4) is 0 Å². The lowest BCUT2D eigenvalue weighted by Gasteiger charge is -2.34. The minimum absolute atomic E-state index is 0.271. The minimum atomic E-state index is -0.381. The molecule has 1 heterocycles. The van der Waals surface area contributed by atoms with Crippen molar-refractivity contribution in [1.29, 1.82) is 0 Å². The van der Waals surface area contributed by atoms with Gasteiger partial charge in [0.05, 0.1) is 18.5 Å². The number of nitrogen functional groups attached to an aromatic ring is 1. The smallest absolute Gasteiger partial charge is 0.341 e. The van der Waals surface area contributed by atoms with Crippen LogP contribution < -0.4 is 11.1 Å². The first-order valence-electron chi connectivity index (χ1n) is 7.70. The number of carbonyl (C=O) groups is 1. The van der Waals surface area contributed by atoms with Crippen LogP contribution in [0.4, 0.5) is 11.5 Å². The van der Waals surface area contributed by atoms with E-state index in [0.717, 1.165) is 6.54 Å². The van der Waals surface area contributed by atoms with E-state index in [1.165, 1.54) is 32.1 Å². The van der Waals surface area contributed by atoms with Crippen LogP contribution in [0.3, 0.4) is 0 Å².